The average molecular weight is 308 g/mol. The largest absolute Gasteiger partial charge is 0.480 e. The number of hydrogen-bond donors (Lipinski definition) is 7. The number of carboxylic acids is 3. The van der Waals surface area contributed by atoms with Gasteiger partial charge in [-0.1, -0.05) is 0 Å². The van der Waals surface area contributed by atoms with Crippen LogP contribution < -0.4 is 10.6 Å². The number of aliphatic hydroxyl groups is 2. The van der Waals surface area contributed by atoms with Gasteiger partial charge in [0.25, 0.3) is 0 Å². The molecule has 0 amide bonds. The number of carboxylic acid groups (broad SMARTS) is 3. The van der Waals surface area contributed by atoms with Crippen molar-refractivity contribution in [2.45, 2.75) is 31.0 Å². The molecule has 122 valence electrons. The van der Waals surface area contributed by atoms with E-state index in [1.165, 1.54) is 0 Å². The Morgan fingerprint density at radius 3 is 1.71 bits per heavy atom. The van der Waals surface area contributed by atoms with Gasteiger partial charge in [0.05, 0.1) is 6.61 Å². The summed E-state index contributed by atoms with van der Waals surface area (Å²) in [5.41, 5.74) is 0. The molecule has 0 heterocycles. The molecule has 10 nitrogen and oxygen atoms in total. The van der Waals surface area contributed by atoms with Gasteiger partial charge in [-0.15, -0.1) is 0 Å². The fourth-order valence-corrected chi connectivity index (χ4v) is 1.46. The summed E-state index contributed by atoms with van der Waals surface area (Å²) in [6, 6.07) is -2.19. The molecule has 0 saturated heterocycles. The molecule has 7 N–H and O–H groups in total. The Morgan fingerprint density at radius 2 is 1.29 bits per heavy atom. The molecule has 10 heteroatoms. The number of nitrogens with one attached hydrogen (secondary N) is 2. The quantitative estimate of drug-likeness (QED) is 0.200. The molecule has 0 aliphatic rings. The predicted octanol–water partition coefficient (Wildman–Crippen LogP) is -2.71. The summed E-state index contributed by atoms with van der Waals surface area (Å²) in [5.74, 6) is -3.82. The molecule has 0 rings (SSSR count). The molecule has 0 bridgehead atoms. The lowest BCUT2D eigenvalue weighted by Crippen LogP contribution is -2.44. The summed E-state index contributed by atoms with van der Waals surface area (Å²) in [4.78, 5) is 31.9. The smallest absolute Gasteiger partial charge is 0.332 e. The Hall–Kier alpha value is -1.75. The second kappa shape index (κ2) is 10.0. The van der Waals surface area contributed by atoms with Crippen LogP contribution in [0.25, 0.3) is 0 Å². The molecule has 0 radical (unpaired) electrons. The fourth-order valence-electron chi connectivity index (χ4n) is 1.46. The van der Waals surface area contributed by atoms with Crippen LogP contribution in [0.3, 0.4) is 0 Å². The van der Waals surface area contributed by atoms with Crippen molar-refractivity contribution in [1.29, 1.82) is 0 Å². The Morgan fingerprint density at radius 1 is 0.810 bits per heavy atom. The topological polar surface area (TPSA) is 176 Å². The molecule has 0 aliphatic heterocycles. The number of rotatable bonds is 12. The van der Waals surface area contributed by atoms with E-state index in [9.17, 15) is 14.4 Å². The van der Waals surface area contributed by atoms with Crippen LogP contribution in [-0.4, -0.2) is 81.3 Å². The van der Waals surface area contributed by atoms with Gasteiger partial charge in [0.15, 0.2) is 6.10 Å². The molecule has 0 spiro atoms. The minimum atomic E-state index is -1.57. The van der Waals surface area contributed by atoms with Crippen LogP contribution >= 0.6 is 0 Å². The summed E-state index contributed by atoms with van der Waals surface area (Å²) in [6.07, 6.45) is -1.70. The van der Waals surface area contributed by atoms with E-state index in [4.69, 9.17) is 25.5 Å². The van der Waals surface area contributed by atoms with E-state index in [-0.39, 0.29) is 25.9 Å². The summed E-state index contributed by atoms with van der Waals surface area (Å²) < 4.78 is 0. The van der Waals surface area contributed by atoms with Crippen LogP contribution in [0, 0.1) is 0 Å². The van der Waals surface area contributed by atoms with E-state index in [0.29, 0.717) is 0 Å². The van der Waals surface area contributed by atoms with Crippen molar-refractivity contribution in [1.82, 2.24) is 10.6 Å². The van der Waals surface area contributed by atoms with Crippen LogP contribution in [0.15, 0.2) is 0 Å². The average Bonchev–Trinajstić information content (AvgIpc) is 2.40. The monoisotopic (exact) mass is 308 g/mol. The first-order valence-electron chi connectivity index (χ1n) is 6.23. The molecular weight excluding hydrogens is 288 g/mol. The molecule has 0 aromatic rings. The van der Waals surface area contributed by atoms with E-state index in [2.05, 4.69) is 10.6 Å². The molecule has 21 heavy (non-hydrogen) atoms. The Labute approximate surface area is 120 Å². The third kappa shape index (κ3) is 8.19. The van der Waals surface area contributed by atoms with Gasteiger partial charge in [-0.25, -0.2) is 4.79 Å². The van der Waals surface area contributed by atoms with Crippen molar-refractivity contribution in [2.75, 3.05) is 19.7 Å². The van der Waals surface area contributed by atoms with Gasteiger partial charge < -0.3 is 36.2 Å². The number of carbonyl (C=O) groups is 3. The van der Waals surface area contributed by atoms with Gasteiger partial charge in [-0.3, -0.25) is 9.59 Å². The molecule has 0 aliphatic carbocycles. The highest BCUT2D eigenvalue weighted by atomic mass is 16.4. The van der Waals surface area contributed by atoms with Crippen LogP contribution in [-0.2, 0) is 14.4 Å². The van der Waals surface area contributed by atoms with Gasteiger partial charge in [0.2, 0.25) is 0 Å². The van der Waals surface area contributed by atoms with Gasteiger partial charge in [0.1, 0.15) is 12.1 Å². The van der Waals surface area contributed by atoms with Gasteiger partial charge in [-0.2, -0.15) is 0 Å². The Bertz CT molecular complexity index is 362. The molecule has 0 aromatic carbocycles. The normalized spacial score (nSPS) is 15.1. The predicted molar refractivity (Wildman–Crippen MR) is 68.8 cm³/mol. The summed E-state index contributed by atoms with van der Waals surface area (Å²) in [7, 11) is 0. The highest BCUT2D eigenvalue weighted by Gasteiger charge is 2.20. The number of aliphatic carboxylic acids is 3. The minimum absolute atomic E-state index is 0.0210. The van der Waals surface area contributed by atoms with Crippen LogP contribution in [0.2, 0.25) is 0 Å². The van der Waals surface area contributed by atoms with E-state index >= 15 is 0 Å². The lowest BCUT2D eigenvalue weighted by atomic mass is 10.1. The van der Waals surface area contributed by atoms with Crippen LogP contribution in [0.4, 0.5) is 0 Å². The lowest BCUT2D eigenvalue weighted by Gasteiger charge is -2.17. The van der Waals surface area contributed by atoms with E-state index < -0.39 is 42.7 Å². The van der Waals surface area contributed by atoms with E-state index in [0.717, 1.165) is 0 Å². The van der Waals surface area contributed by atoms with Crippen molar-refractivity contribution in [3.05, 3.63) is 0 Å². The van der Waals surface area contributed by atoms with Crippen molar-refractivity contribution in [2.24, 2.45) is 0 Å². The highest BCUT2D eigenvalue weighted by Crippen LogP contribution is 1.96. The first kappa shape index (κ1) is 19.2. The fraction of sp³-hybridized carbons (Fsp3) is 0.727. The minimum Gasteiger partial charge on any atom is -0.480 e. The second-order valence-electron chi connectivity index (χ2n) is 4.30. The maximum Gasteiger partial charge on any atom is 0.332 e. The maximum atomic E-state index is 11.0. The molecule has 0 aromatic heterocycles. The molecule has 0 saturated carbocycles. The van der Waals surface area contributed by atoms with Crippen LogP contribution in [0.1, 0.15) is 12.8 Å². The lowest BCUT2D eigenvalue weighted by molar-refractivity contribution is -0.146. The van der Waals surface area contributed by atoms with Crippen molar-refractivity contribution >= 4 is 17.9 Å². The van der Waals surface area contributed by atoms with E-state index in [1.54, 1.807) is 0 Å². The van der Waals surface area contributed by atoms with Gasteiger partial charge in [-0.05, 0) is 25.9 Å². The Kier molecular flexibility index (Phi) is 9.21. The summed E-state index contributed by atoms with van der Waals surface area (Å²) in [5, 5.41) is 48.9. The van der Waals surface area contributed by atoms with Crippen molar-refractivity contribution in [3.8, 4) is 0 Å². The molecule has 3 atom stereocenters. The zero-order chi connectivity index (χ0) is 16.4. The first-order valence-corrected chi connectivity index (χ1v) is 6.23. The number of hydrogen-bond acceptors (Lipinski definition) is 7. The first-order chi connectivity index (χ1) is 9.79. The standard InChI is InChI=1S/C11H20N2O8/c14-5-7(10(18)19)13-3-1-6(9(16)17)12-4-2-8(15)11(20)21/h6-8,12-15H,1-5H2,(H,16,17)(H,18,19)(H,20,21)/t6-,7-,8-/m0/s1. The Balaban J connectivity index is 4.11. The zero-order valence-electron chi connectivity index (χ0n) is 11.2. The van der Waals surface area contributed by atoms with Crippen molar-refractivity contribution < 1.29 is 39.9 Å². The van der Waals surface area contributed by atoms with Gasteiger partial charge >= 0.3 is 17.9 Å². The third-order valence-electron chi connectivity index (χ3n) is 2.70. The number of aliphatic hydroxyl groups excluding tert-OH is 2. The summed E-state index contributed by atoms with van der Waals surface area (Å²) >= 11 is 0. The molecule has 0 unspecified atom stereocenters. The summed E-state index contributed by atoms with van der Waals surface area (Å²) in [6.45, 7) is -0.610. The third-order valence-corrected chi connectivity index (χ3v) is 2.70. The molecule has 0 fully saturated rings. The highest BCUT2D eigenvalue weighted by molar-refractivity contribution is 5.74. The van der Waals surface area contributed by atoms with E-state index in [1.807, 2.05) is 0 Å². The van der Waals surface area contributed by atoms with Gasteiger partial charge in [0, 0.05) is 0 Å². The SMILES string of the molecule is O=C(O)[C@H](CO)NCC[C@H](NCC[C@H](O)C(=O)O)C(=O)O. The maximum absolute atomic E-state index is 11.0. The molecular formula is C11H20N2O8. The zero-order valence-corrected chi connectivity index (χ0v) is 11.2. The second-order valence-corrected chi connectivity index (χ2v) is 4.30. The van der Waals surface area contributed by atoms with Crippen molar-refractivity contribution in [3.63, 3.8) is 0 Å². The van der Waals surface area contributed by atoms with Crippen LogP contribution in [0.5, 0.6) is 0 Å².